The summed E-state index contributed by atoms with van der Waals surface area (Å²) in [6.07, 6.45) is 4.59. The highest BCUT2D eigenvalue weighted by Gasteiger charge is 2.05. The normalized spacial score (nSPS) is 12.7. The molecule has 6 heteroatoms. The Hall–Kier alpha value is -1.79. The fourth-order valence-corrected chi connectivity index (χ4v) is 1.18. The zero-order valence-corrected chi connectivity index (χ0v) is 8.24. The van der Waals surface area contributed by atoms with Crippen molar-refractivity contribution in [2.45, 2.75) is 13.0 Å². The van der Waals surface area contributed by atoms with Crippen molar-refractivity contribution in [3.8, 4) is 5.82 Å². The third kappa shape index (κ3) is 2.00. The SMILES string of the molecule is CC(ON)c1ccc(-n2cncn2)nc1. The van der Waals surface area contributed by atoms with Crippen molar-refractivity contribution in [1.82, 2.24) is 19.7 Å². The van der Waals surface area contributed by atoms with Gasteiger partial charge in [0.25, 0.3) is 0 Å². The fraction of sp³-hybridized carbons (Fsp3) is 0.222. The van der Waals surface area contributed by atoms with Crippen LogP contribution in [0.2, 0.25) is 0 Å². The quantitative estimate of drug-likeness (QED) is 0.743. The summed E-state index contributed by atoms with van der Waals surface area (Å²) in [5.41, 5.74) is 0.918. The lowest BCUT2D eigenvalue weighted by molar-refractivity contribution is 0.0662. The number of pyridine rings is 1. The van der Waals surface area contributed by atoms with E-state index in [1.54, 1.807) is 17.2 Å². The van der Waals surface area contributed by atoms with E-state index in [1.807, 2.05) is 19.1 Å². The van der Waals surface area contributed by atoms with Gasteiger partial charge in [-0.25, -0.2) is 20.5 Å². The number of rotatable bonds is 3. The second-order valence-corrected chi connectivity index (χ2v) is 3.07. The number of aromatic nitrogens is 4. The summed E-state index contributed by atoms with van der Waals surface area (Å²) in [5, 5.41) is 3.97. The van der Waals surface area contributed by atoms with E-state index in [-0.39, 0.29) is 6.10 Å². The van der Waals surface area contributed by atoms with Crippen LogP contribution in [-0.4, -0.2) is 19.7 Å². The summed E-state index contributed by atoms with van der Waals surface area (Å²) >= 11 is 0. The lowest BCUT2D eigenvalue weighted by Gasteiger charge is -2.08. The second kappa shape index (κ2) is 4.16. The van der Waals surface area contributed by atoms with Crippen molar-refractivity contribution in [3.05, 3.63) is 36.5 Å². The Balaban J connectivity index is 2.25. The van der Waals surface area contributed by atoms with E-state index in [2.05, 4.69) is 15.1 Å². The first-order valence-electron chi connectivity index (χ1n) is 4.47. The molecule has 0 aliphatic carbocycles. The molecule has 6 nitrogen and oxygen atoms in total. The Morgan fingerprint density at radius 3 is 2.87 bits per heavy atom. The highest BCUT2D eigenvalue weighted by atomic mass is 16.6. The lowest BCUT2D eigenvalue weighted by Crippen LogP contribution is -2.06. The first-order chi connectivity index (χ1) is 7.31. The van der Waals surface area contributed by atoms with Gasteiger partial charge in [-0.2, -0.15) is 5.10 Å². The molecule has 0 saturated carbocycles. The molecule has 0 radical (unpaired) electrons. The van der Waals surface area contributed by atoms with Gasteiger partial charge in [-0.15, -0.1) is 0 Å². The van der Waals surface area contributed by atoms with E-state index in [1.165, 1.54) is 6.33 Å². The Morgan fingerprint density at radius 1 is 1.47 bits per heavy atom. The fourth-order valence-electron chi connectivity index (χ4n) is 1.18. The lowest BCUT2D eigenvalue weighted by atomic mass is 10.2. The van der Waals surface area contributed by atoms with Crippen molar-refractivity contribution in [2.24, 2.45) is 5.90 Å². The molecular formula is C9H11N5O. The molecule has 1 unspecified atom stereocenters. The van der Waals surface area contributed by atoms with Crippen LogP contribution in [0.25, 0.3) is 5.82 Å². The Morgan fingerprint density at radius 2 is 2.33 bits per heavy atom. The van der Waals surface area contributed by atoms with Gasteiger partial charge in [0.05, 0.1) is 0 Å². The van der Waals surface area contributed by atoms with Gasteiger partial charge in [-0.3, -0.25) is 4.84 Å². The molecule has 0 fully saturated rings. The molecule has 15 heavy (non-hydrogen) atoms. The van der Waals surface area contributed by atoms with Gasteiger partial charge in [0.1, 0.15) is 18.8 Å². The van der Waals surface area contributed by atoms with E-state index in [0.29, 0.717) is 5.82 Å². The van der Waals surface area contributed by atoms with Gasteiger partial charge in [0.15, 0.2) is 5.82 Å². The minimum absolute atomic E-state index is 0.165. The second-order valence-electron chi connectivity index (χ2n) is 3.07. The molecule has 0 spiro atoms. The average Bonchev–Trinajstić information content (AvgIpc) is 2.82. The average molecular weight is 205 g/mol. The number of hydrogen-bond acceptors (Lipinski definition) is 5. The van der Waals surface area contributed by atoms with Gasteiger partial charge in [-0.05, 0) is 13.0 Å². The van der Waals surface area contributed by atoms with Crippen LogP contribution in [0.4, 0.5) is 0 Å². The highest BCUT2D eigenvalue weighted by molar-refractivity contribution is 5.24. The van der Waals surface area contributed by atoms with Crippen molar-refractivity contribution >= 4 is 0 Å². The molecule has 0 aliphatic rings. The summed E-state index contributed by atoms with van der Waals surface area (Å²) in [6, 6.07) is 3.72. The molecule has 0 aromatic carbocycles. The molecule has 2 N–H and O–H groups in total. The summed E-state index contributed by atoms with van der Waals surface area (Å²) < 4.78 is 1.58. The summed E-state index contributed by atoms with van der Waals surface area (Å²) in [4.78, 5) is 12.7. The topological polar surface area (TPSA) is 78.9 Å². The predicted molar refractivity (Wildman–Crippen MR) is 52.8 cm³/mol. The molecule has 0 amide bonds. The van der Waals surface area contributed by atoms with Crippen molar-refractivity contribution < 1.29 is 4.84 Å². The molecule has 2 heterocycles. The largest absolute Gasteiger partial charge is 0.297 e. The minimum Gasteiger partial charge on any atom is -0.297 e. The molecule has 2 rings (SSSR count). The molecule has 0 bridgehead atoms. The van der Waals surface area contributed by atoms with E-state index >= 15 is 0 Å². The third-order valence-electron chi connectivity index (χ3n) is 2.10. The number of nitrogens with zero attached hydrogens (tertiary/aromatic N) is 4. The van der Waals surface area contributed by atoms with E-state index < -0.39 is 0 Å². The van der Waals surface area contributed by atoms with Crippen molar-refractivity contribution in [2.75, 3.05) is 0 Å². The molecule has 0 saturated heterocycles. The predicted octanol–water partition coefficient (Wildman–Crippen LogP) is 0.614. The highest BCUT2D eigenvalue weighted by Crippen LogP contribution is 2.14. The monoisotopic (exact) mass is 205 g/mol. The first-order valence-corrected chi connectivity index (χ1v) is 4.47. The van der Waals surface area contributed by atoms with Crippen LogP contribution in [0.1, 0.15) is 18.6 Å². The van der Waals surface area contributed by atoms with Crippen LogP contribution in [0, 0.1) is 0 Å². The molecule has 0 aliphatic heterocycles. The maximum atomic E-state index is 5.08. The smallest absolute Gasteiger partial charge is 0.155 e. The van der Waals surface area contributed by atoms with Crippen LogP contribution < -0.4 is 5.90 Å². The minimum atomic E-state index is -0.165. The molecule has 2 aromatic heterocycles. The van der Waals surface area contributed by atoms with Crippen LogP contribution in [0.3, 0.4) is 0 Å². The Bertz CT molecular complexity index is 411. The summed E-state index contributed by atoms with van der Waals surface area (Å²) in [5.74, 6) is 5.79. The number of nitrogens with two attached hydrogens (primary N) is 1. The van der Waals surface area contributed by atoms with Crippen LogP contribution in [0.5, 0.6) is 0 Å². The standard InChI is InChI=1S/C9H11N5O/c1-7(15-10)8-2-3-9(12-4-8)14-6-11-5-13-14/h2-7H,10H2,1H3. The summed E-state index contributed by atoms with van der Waals surface area (Å²) in [7, 11) is 0. The first kappa shape index (κ1) is 9.75. The molecule has 1 atom stereocenters. The van der Waals surface area contributed by atoms with Gasteiger partial charge < -0.3 is 0 Å². The van der Waals surface area contributed by atoms with E-state index in [9.17, 15) is 0 Å². The van der Waals surface area contributed by atoms with Crippen molar-refractivity contribution in [1.29, 1.82) is 0 Å². The van der Waals surface area contributed by atoms with Gasteiger partial charge in [0, 0.05) is 11.8 Å². The maximum absolute atomic E-state index is 5.08. The Kier molecular flexibility index (Phi) is 2.70. The molecule has 2 aromatic rings. The number of hydrogen-bond donors (Lipinski definition) is 1. The van der Waals surface area contributed by atoms with Crippen LogP contribution in [0.15, 0.2) is 31.0 Å². The molecular weight excluding hydrogens is 194 g/mol. The zero-order chi connectivity index (χ0) is 10.7. The third-order valence-corrected chi connectivity index (χ3v) is 2.10. The molecule has 78 valence electrons. The van der Waals surface area contributed by atoms with Gasteiger partial charge in [0.2, 0.25) is 0 Å². The zero-order valence-electron chi connectivity index (χ0n) is 8.24. The van der Waals surface area contributed by atoms with E-state index in [4.69, 9.17) is 10.7 Å². The van der Waals surface area contributed by atoms with Crippen LogP contribution in [-0.2, 0) is 4.84 Å². The van der Waals surface area contributed by atoms with Crippen molar-refractivity contribution in [3.63, 3.8) is 0 Å². The summed E-state index contributed by atoms with van der Waals surface area (Å²) in [6.45, 7) is 1.85. The van der Waals surface area contributed by atoms with Crippen LogP contribution >= 0.6 is 0 Å². The van der Waals surface area contributed by atoms with Gasteiger partial charge >= 0.3 is 0 Å². The Labute approximate surface area is 86.7 Å². The van der Waals surface area contributed by atoms with E-state index in [0.717, 1.165) is 5.56 Å². The maximum Gasteiger partial charge on any atom is 0.155 e. The van der Waals surface area contributed by atoms with Gasteiger partial charge in [-0.1, -0.05) is 6.07 Å².